The van der Waals surface area contributed by atoms with Gasteiger partial charge in [-0.05, 0) is 30.5 Å². The van der Waals surface area contributed by atoms with E-state index in [1.54, 1.807) is 0 Å². The van der Waals surface area contributed by atoms with E-state index in [-0.39, 0.29) is 6.61 Å². The number of aryl methyl sites for hydroxylation is 2. The Bertz CT molecular complexity index is 300. The van der Waals surface area contributed by atoms with E-state index in [9.17, 15) is 5.11 Å². The van der Waals surface area contributed by atoms with Gasteiger partial charge in [-0.15, -0.1) is 0 Å². The van der Waals surface area contributed by atoms with Crippen molar-refractivity contribution >= 4 is 15.9 Å². The van der Waals surface area contributed by atoms with Crippen LogP contribution in [-0.2, 0) is 0 Å². The molecule has 14 heavy (non-hydrogen) atoms. The van der Waals surface area contributed by atoms with Crippen LogP contribution in [0, 0.1) is 13.8 Å². The number of benzene rings is 1. The summed E-state index contributed by atoms with van der Waals surface area (Å²) in [5.41, 5.74) is 3.09. The van der Waals surface area contributed by atoms with Crippen molar-refractivity contribution in [2.45, 2.75) is 26.4 Å². The molecule has 0 bridgehead atoms. The third-order valence-electron chi connectivity index (χ3n) is 2.25. The quantitative estimate of drug-likeness (QED) is 0.875. The van der Waals surface area contributed by atoms with Crippen molar-refractivity contribution in [3.05, 3.63) is 33.3 Å². The lowest BCUT2D eigenvalue weighted by Crippen LogP contribution is -2.01. The van der Waals surface area contributed by atoms with Gasteiger partial charge in [0.25, 0.3) is 0 Å². The van der Waals surface area contributed by atoms with E-state index in [2.05, 4.69) is 15.9 Å². The van der Waals surface area contributed by atoms with Crippen LogP contribution >= 0.6 is 15.9 Å². The molecule has 2 N–H and O–H groups in total. The number of aliphatic hydroxyl groups excluding tert-OH is 2. The molecule has 2 nitrogen and oxygen atoms in total. The van der Waals surface area contributed by atoms with Crippen LogP contribution in [0.15, 0.2) is 16.6 Å². The van der Waals surface area contributed by atoms with E-state index < -0.39 is 6.10 Å². The molecule has 78 valence electrons. The summed E-state index contributed by atoms with van der Waals surface area (Å²) in [6, 6.07) is 3.88. The van der Waals surface area contributed by atoms with Crippen molar-refractivity contribution in [2.24, 2.45) is 0 Å². The Labute approximate surface area is 92.7 Å². The predicted molar refractivity (Wildman–Crippen MR) is 60.3 cm³/mol. The zero-order chi connectivity index (χ0) is 10.7. The highest BCUT2D eigenvalue weighted by atomic mass is 79.9. The highest BCUT2D eigenvalue weighted by molar-refractivity contribution is 9.10. The van der Waals surface area contributed by atoms with Crippen molar-refractivity contribution in [2.75, 3.05) is 6.61 Å². The van der Waals surface area contributed by atoms with Gasteiger partial charge in [-0.25, -0.2) is 0 Å². The van der Waals surface area contributed by atoms with Crippen LogP contribution in [0.3, 0.4) is 0 Å². The van der Waals surface area contributed by atoms with Crippen LogP contribution in [0.1, 0.15) is 29.2 Å². The number of hydrogen-bond donors (Lipinski definition) is 2. The van der Waals surface area contributed by atoms with E-state index in [0.717, 1.165) is 21.2 Å². The maximum absolute atomic E-state index is 9.68. The Morgan fingerprint density at radius 2 is 1.79 bits per heavy atom. The predicted octanol–water partition coefficient (Wildman–Crippen LogP) is 2.48. The zero-order valence-electron chi connectivity index (χ0n) is 8.42. The lowest BCUT2D eigenvalue weighted by Gasteiger charge is -2.12. The van der Waals surface area contributed by atoms with Crippen LogP contribution in [0.25, 0.3) is 0 Å². The summed E-state index contributed by atoms with van der Waals surface area (Å²) in [7, 11) is 0. The lowest BCUT2D eigenvalue weighted by atomic mass is 10.0. The minimum atomic E-state index is -0.564. The van der Waals surface area contributed by atoms with Crippen molar-refractivity contribution in [1.82, 2.24) is 0 Å². The fraction of sp³-hybridized carbons (Fsp3) is 0.455. The van der Waals surface area contributed by atoms with Gasteiger partial charge in [0.15, 0.2) is 0 Å². The summed E-state index contributed by atoms with van der Waals surface area (Å²) in [5, 5.41) is 18.4. The SMILES string of the molecule is Cc1cc(C(O)CCO)cc(C)c1Br. The second-order valence-corrected chi connectivity index (χ2v) is 4.29. The van der Waals surface area contributed by atoms with Crippen LogP contribution in [0.4, 0.5) is 0 Å². The van der Waals surface area contributed by atoms with Gasteiger partial charge in [0.05, 0.1) is 6.10 Å². The van der Waals surface area contributed by atoms with Crippen molar-refractivity contribution < 1.29 is 10.2 Å². The van der Waals surface area contributed by atoms with E-state index in [0.29, 0.717) is 6.42 Å². The monoisotopic (exact) mass is 258 g/mol. The molecule has 0 aliphatic carbocycles. The Kier molecular flexibility index (Phi) is 4.11. The van der Waals surface area contributed by atoms with Crippen molar-refractivity contribution in [3.8, 4) is 0 Å². The van der Waals surface area contributed by atoms with Crippen molar-refractivity contribution in [1.29, 1.82) is 0 Å². The highest BCUT2D eigenvalue weighted by Gasteiger charge is 2.09. The fourth-order valence-corrected chi connectivity index (χ4v) is 1.69. The number of aliphatic hydroxyl groups is 2. The molecule has 3 heteroatoms. The zero-order valence-corrected chi connectivity index (χ0v) is 10.0. The molecule has 0 radical (unpaired) electrons. The summed E-state index contributed by atoms with van der Waals surface area (Å²) in [4.78, 5) is 0. The first-order valence-electron chi connectivity index (χ1n) is 4.62. The smallest absolute Gasteiger partial charge is 0.0812 e. The summed E-state index contributed by atoms with van der Waals surface area (Å²) in [6.45, 7) is 3.99. The number of halogens is 1. The number of rotatable bonds is 3. The summed E-state index contributed by atoms with van der Waals surface area (Å²) in [5.74, 6) is 0. The summed E-state index contributed by atoms with van der Waals surface area (Å²) in [6.07, 6.45) is -0.175. The Morgan fingerprint density at radius 3 is 2.21 bits per heavy atom. The summed E-state index contributed by atoms with van der Waals surface area (Å²) < 4.78 is 1.08. The molecule has 1 aromatic rings. The average molecular weight is 259 g/mol. The molecule has 0 aliphatic heterocycles. The molecule has 0 saturated heterocycles. The maximum Gasteiger partial charge on any atom is 0.0812 e. The maximum atomic E-state index is 9.68. The molecule has 1 rings (SSSR count). The molecular formula is C11H15BrO2. The molecule has 0 aromatic heterocycles. The molecule has 1 unspecified atom stereocenters. The first kappa shape index (κ1) is 11.7. The third-order valence-corrected chi connectivity index (χ3v) is 3.50. The Balaban J connectivity index is 3.00. The van der Waals surface area contributed by atoms with Gasteiger partial charge in [-0.3, -0.25) is 0 Å². The first-order chi connectivity index (χ1) is 6.56. The highest BCUT2D eigenvalue weighted by Crippen LogP contribution is 2.26. The molecule has 0 saturated carbocycles. The molecule has 1 atom stereocenters. The molecule has 0 fully saturated rings. The molecular weight excluding hydrogens is 244 g/mol. The van der Waals surface area contributed by atoms with Gasteiger partial charge in [0, 0.05) is 17.5 Å². The van der Waals surface area contributed by atoms with E-state index in [4.69, 9.17) is 5.11 Å². The lowest BCUT2D eigenvalue weighted by molar-refractivity contribution is 0.134. The summed E-state index contributed by atoms with van der Waals surface area (Å²) >= 11 is 3.47. The van der Waals surface area contributed by atoms with Gasteiger partial charge < -0.3 is 10.2 Å². The minimum absolute atomic E-state index is 0.00925. The minimum Gasteiger partial charge on any atom is -0.396 e. The largest absolute Gasteiger partial charge is 0.396 e. The van der Waals surface area contributed by atoms with Gasteiger partial charge in [0.1, 0.15) is 0 Å². The van der Waals surface area contributed by atoms with Crippen LogP contribution < -0.4 is 0 Å². The van der Waals surface area contributed by atoms with Crippen molar-refractivity contribution in [3.63, 3.8) is 0 Å². The van der Waals surface area contributed by atoms with E-state index in [1.165, 1.54) is 0 Å². The van der Waals surface area contributed by atoms with Gasteiger partial charge in [-0.2, -0.15) is 0 Å². The molecule has 0 amide bonds. The Morgan fingerprint density at radius 1 is 1.29 bits per heavy atom. The topological polar surface area (TPSA) is 40.5 Å². The number of hydrogen-bond acceptors (Lipinski definition) is 2. The third kappa shape index (κ3) is 2.56. The first-order valence-corrected chi connectivity index (χ1v) is 5.41. The second kappa shape index (κ2) is 4.91. The average Bonchev–Trinajstić information content (AvgIpc) is 2.13. The second-order valence-electron chi connectivity index (χ2n) is 3.50. The normalized spacial score (nSPS) is 12.9. The van der Waals surface area contributed by atoms with Crippen LogP contribution in [0.5, 0.6) is 0 Å². The van der Waals surface area contributed by atoms with Crippen LogP contribution in [0.2, 0.25) is 0 Å². The van der Waals surface area contributed by atoms with Gasteiger partial charge in [0.2, 0.25) is 0 Å². The van der Waals surface area contributed by atoms with Gasteiger partial charge >= 0.3 is 0 Å². The van der Waals surface area contributed by atoms with Crippen LogP contribution in [-0.4, -0.2) is 16.8 Å². The van der Waals surface area contributed by atoms with E-state index >= 15 is 0 Å². The van der Waals surface area contributed by atoms with Gasteiger partial charge in [-0.1, -0.05) is 28.1 Å². The standard InChI is InChI=1S/C11H15BrO2/c1-7-5-9(10(14)3-4-13)6-8(2)11(7)12/h5-6,10,13-14H,3-4H2,1-2H3. The molecule has 0 spiro atoms. The Hall–Kier alpha value is -0.380. The fourth-order valence-electron chi connectivity index (χ4n) is 1.46. The van der Waals surface area contributed by atoms with E-state index in [1.807, 2.05) is 26.0 Å². The molecule has 1 aromatic carbocycles. The molecule has 0 heterocycles. The molecule has 0 aliphatic rings.